The predicted molar refractivity (Wildman–Crippen MR) is 83.6 cm³/mol. The number of carboxylic acid groups (broad SMARTS) is 1. The molecule has 0 aliphatic heterocycles. The van der Waals surface area contributed by atoms with Crippen molar-refractivity contribution in [1.29, 1.82) is 0 Å². The van der Waals surface area contributed by atoms with Gasteiger partial charge in [0.1, 0.15) is 6.29 Å². The molecule has 0 aliphatic rings. The first kappa shape index (κ1) is 15.9. The molecule has 1 atom stereocenters. The Bertz CT molecular complexity index is 613. The van der Waals surface area contributed by atoms with E-state index in [1.54, 1.807) is 24.5 Å². The fourth-order valence-corrected chi connectivity index (χ4v) is 2.72. The Kier molecular flexibility index (Phi) is 5.42. The summed E-state index contributed by atoms with van der Waals surface area (Å²) in [5.41, 5.74) is 0.579. The van der Waals surface area contributed by atoms with Crippen LogP contribution in [0.15, 0.2) is 54.9 Å². The maximum Gasteiger partial charge on any atom is 0.314 e. The summed E-state index contributed by atoms with van der Waals surface area (Å²) in [6.07, 6.45) is 5.76. The van der Waals surface area contributed by atoms with E-state index in [1.165, 1.54) is 0 Å². The fourth-order valence-electron chi connectivity index (χ4n) is 2.72. The lowest BCUT2D eigenvalue weighted by molar-refractivity contribution is -0.144. The van der Waals surface area contributed by atoms with Crippen molar-refractivity contribution in [1.82, 2.24) is 4.98 Å². The summed E-state index contributed by atoms with van der Waals surface area (Å²) >= 11 is 0. The van der Waals surface area contributed by atoms with E-state index >= 15 is 0 Å². The maximum absolute atomic E-state index is 12.1. The fraction of sp³-hybridized carbons (Fsp3) is 0.278. The Morgan fingerprint density at radius 1 is 1.18 bits per heavy atom. The van der Waals surface area contributed by atoms with Crippen molar-refractivity contribution >= 4 is 12.3 Å². The maximum atomic E-state index is 12.1. The minimum absolute atomic E-state index is 0.365. The number of carbonyl (C=O) groups excluding carboxylic acids is 1. The molecule has 1 aromatic carbocycles. The molecule has 0 aliphatic carbocycles. The molecule has 0 amide bonds. The van der Waals surface area contributed by atoms with E-state index in [9.17, 15) is 14.7 Å². The molecular formula is C18H19NO3. The van der Waals surface area contributed by atoms with Gasteiger partial charge in [-0.3, -0.25) is 9.78 Å². The molecule has 1 aromatic heterocycles. The molecule has 114 valence electrons. The van der Waals surface area contributed by atoms with Gasteiger partial charge in [0.2, 0.25) is 0 Å². The lowest BCUT2D eigenvalue weighted by Crippen LogP contribution is -2.38. The van der Waals surface area contributed by atoms with Crippen LogP contribution >= 0.6 is 0 Å². The highest BCUT2D eigenvalue weighted by Gasteiger charge is 2.40. The monoisotopic (exact) mass is 297 g/mol. The van der Waals surface area contributed by atoms with Crippen LogP contribution in [-0.2, 0) is 21.4 Å². The molecule has 2 aromatic rings. The van der Waals surface area contributed by atoms with Gasteiger partial charge in [-0.05, 0) is 36.5 Å². The molecular weight excluding hydrogens is 278 g/mol. The largest absolute Gasteiger partial charge is 0.481 e. The van der Waals surface area contributed by atoms with Crippen LogP contribution in [0.3, 0.4) is 0 Å². The second-order valence-corrected chi connectivity index (χ2v) is 5.35. The summed E-state index contributed by atoms with van der Waals surface area (Å²) in [5, 5.41) is 9.92. The third-order valence-corrected chi connectivity index (χ3v) is 3.90. The summed E-state index contributed by atoms with van der Waals surface area (Å²) in [4.78, 5) is 26.8. The SMILES string of the molecule is O=CCCCC(Cc1ccccc1)(C(=O)O)c1cccnc1. The van der Waals surface area contributed by atoms with Crippen molar-refractivity contribution in [2.45, 2.75) is 31.1 Å². The number of hydrogen-bond acceptors (Lipinski definition) is 3. The van der Waals surface area contributed by atoms with Crippen molar-refractivity contribution in [2.24, 2.45) is 0 Å². The topological polar surface area (TPSA) is 67.3 Å². The van der Waals surface area contributed by atoms with Gasteiger partial charge in [0, 0.05) is 18.8 Å². The van der Waals surface area contributed by atoms with Gasteiger partial charge in [0.05, 0.1) is 5.41 Å². The van der Waals surface area contributed by atoms with Crippen LogP contribution in [0, 0.1) is 0 Å². The second kappa shape index (κ2) is 7.50. The van der Waals surface area contributed by atoms with Gasteiger partial charge in [0.25, 0.3) is 0 Å². The van der Waals surface area contributed by atoms with Gasteiger partial charge in [-0.25, -0.2) is 0 Å². The van der Waals surface area contributed by atoms with Crippen LogP contribution in [0.2, 0.25) is 0 Å². The lowest BCUT2D eigenvalue weighted by atomic mass is 9.72. The number of aliphatic carboxylic acids is 1. The smallest absolute Gasteiger partial charge is 0.314 e. The number of carboxylic acids is 1. The molecule has 0 fully saturated rings. The van der Waals surface area contributed by atoms with Gasteiger partial charge in [-0.1, -0.05) is 36.4 Å². The van der Waals surface area contributed by atoms with Gasteiger partial charge < -0.3 is 9.90 Å². The first-order valence-corrected chi connectivity index (χ1v) is 7.30. The molecule has 0 spiro atoms. The second-order valence-electron chi connectivity index (χ2n) is 5.35. The zero-order valence-corrected chi connectivity index (χ0v) is 12.3. The number of rotatable bonds is 8. The number of unbranched alkanes of at least 4 members (excludes halogenated alkanes) is 1. The average molecular weight is 297 g/mol. The number of hydrogen-bond donors (Lipinski definition) is 1. The predicted octanol–water partition coefficient (Wildman–Crippen LogP) is 3.02. The zero-order valence-electron chi connectivity index (χ0n) is 12.3. The number of nitrogens with zero attached hydrogens (tertiary/aromatic N) is 1. The normalized spacial score (nSPS) is 13.3. The van der Waals surface area contributed by atoms with Crippen LogP contribution in [0.5, 0.6) is 0 Å². The van der Waals surface area contributed by atoms with E-state index in [-0.39, 0.29) is 0 Å². The molecule has 4 heteroatoms. The summed E-state index contributed by atoms with van der Waals surface area (Å²) in [6, 6.07) is 13.1. The minimum Gasteiger partial charge on any atom is -0.481 e. The molecule has 1 unspecified atom stereocenters. The summed E-state index contributed by atoms with van der Waals surface area (Å²) in [7, 11) is 0. The molecule has 0 saturated carbocycles. The first-order valence-electron chi connectivity index (χ1n) is 7.30. The minimum atomic E-state index is -1.06. The zero-order chi connectivity index (χ0) is 15.8. The molecule has 22 heavy (non-hydrogen) atoms. The Morgan fingerprint density at radius 2 is 1.95 bits per heavy atom. The molecule has 0 bridgehead atoms. The van der Waals surface area contributed by atoms with E-state index in [4.69, 9.17) is 0 Å². The number of pyridine rings is 1. The van der Waals surface area contributed by atoms with Crippen molar-refractivity contribution in [3.05, 3.63) is 66.0 Å². The number of aldehydes is 1. The van der Waals surface area contributed by atoms with E-state index in [2.05, 4.69) is 4.98 Å². The van der Waals surface area contributed by atoms with Crippen LogP contribution in [0.4, 0.5) is 0 Å². The summed E-state index contributed by atoms with van der Waals surface area (Å²) in [5.74, 6) is -0.879. The van der Waals surface area contributed by atoms with Crippen LogP contribution < -0.4 is 0 Å². The van der Waals surface area contributed by atoms with Crippen molar-refractivity contribution in [3.8, 4) is 0 Å². The van der Waals surface area contributed by atoms with E-state index < -0.39 is 11.4 Å². The molecule has 1 heterocycles. The highest BCUT2D eigenvalue weighted by molar-refractivity contribution is 5.81. The standard InChI is InChI=1S/C18H19NO3/c20-12-5-4-10-18(17(21)22,16-9-6-11-19-14-16)13-15-7-2-1-3-8-15/h1-3,6-9,11-12,14H,4-5,10,13H2,(H,21,22). The Hall–Kier alpha value is -2.49. The molecule has 4 nitrogen and oxygen atoms in total. The van der Waals surface area contributed by atoms with E-state index in [0.717, 1.165) is 11.8 Å². The Labute approximate surface area is 129 Å². The molecule has 0 radical (unpaired) electrons. The van der Waals surface area contributed by atoms with Crippen LogP contribution in [-0.4, -0.2) is 22.3 Å². The molecule has 1 N–H and O–H groups in total. The average Bonchev–Trinajstić information content (AvgIpc) is 2.55. The number of benzene rings is 1. The lowest BCUT2D eigenvalue weighted by Gasteiger charge is -2.30. The van der Waals surface area contributed by atoms with Crippen molar-refractivity contribution in [2.75, 3.05) is 0 Å². The van der Waals surface area contributed by atoms with Crippen LogP contribution in [0.25, 0.3) is 0 Å². The van der Waals surface area contributed by atoms with Gasteiger partial charge >= 0.3 is 5.97 Å². The highest BCUT2D eigenvalue weighted by Crippen LogP contribution is 2.34. The van der Waals surface area contributed by atoms with Crippen molar-refractivity contribution < 1.29 is 14.7 Å². The Balaban J connectivity index is 2.40. The molecule has 0 saturated heterocycles. The highest BCUT2D eigenvalue weighted by atomic mass is 16.4. The third-order valence-electron chi connectivity index (χ3n) is 3.90. The molecule has 2 rings (SSSR count). The first-order chi connectivity index (χ1) is 10.7. The summed E-state index contributed by atoms with van der Waals surface area (Å²) in [6.45, 7) is 0. The van der Waals surface area contributed by atoms with Crippen molar-refractivity contribution in [3.63, 3.8) is 0 Å². The van der Waals surface area contributed by atoms with E-state index in [1.807, 2.05) is 30.3 Å². The number of aromatic nitrogens is 1. The third kappa shape index (κ3) is 3.58. The summed E-state index contributed by atoms with van der Waals surface area (Å²) < 4.78 is 0. The Morgan fingerprint density at radius 3 is 2.55 bits per heavy atom. The van der Waals surface area contributed by atoms with Gasteiger partial charge in [0.15, 0.2) is 0 Å². The van der Waals surface area contributed by atoms with Gasteiger partial charge in [-0.15, -0.1) is 0 Å². The van der Waals surface area contributed by atoms with Gasteiger partial charge in [-0.2, -0.15) is 0 Å². The quantitative estimate of drug-likeness (QED) is 0.601. The van der Waals surface area contributed by atoms with Crippen LogP contribution in [0.1, 0.15) is 30.4 Å². The van der Waals surface area contributed by atoms with E-state index in [0.29, 0.717) is 31.2 Å². The number of carbonyl (C=O) groups is 2.